The zero-order valence-electron chi connectivity index (χ0n) is 9.98. The Kier molecular flexibility index (Phi) is 4.36. The molecule has 1 atom stereocenters. The lowest BCUT2D eigenvalue weighted by Crippen LogP contribution is -2.20. The fraction of sp³-hybridized carbons (Fsp3) is 0.417. The summed E-state index contributed by atoms with van der Waals surface area (Å²) in [6.45, 7) is 3.17. The van der Waals surface area contributed by atoms with Gasteiger partial charge in [0, 0.05) is 34.0 Å². The first-order valence-corrected chi connectivity index (χ1v) is 7.27. The Hall–Kier alpha value is -0.650. The Morgan fingerprint density at radius 1 is 1.59 bits per heavy atom. The van der Waals surface area contributed by atoms with Crippen molar-refractivity contribution >= 4 is 27.3 Å². The topological polar surface area (TPSA) is 29.9 Å². The molecule has 0 aliphatic rings. The van der Waals surface area contributed by atoms with Gasteiger partial charge in [0.05, 0.1) is 6.20 Å². The molecule has 2 aromatic heterocycles. The number of aryl methyl sites for hydroxylation is 1. The highest BCUT2D eigenvalue weighted by Crippen LogP contribution is 2.25. The van der Waals surface area contributed by atoms with Gasteiger partial charge < -0.3 is 5.32 Å². The highest BCUT2D eigenvalue weighted by molar-refractivity contribution is 9.10. The molecule has 1 unspecified atom stereocenters. The minimum atomic E-state index is 0.406. The fourth-order valence-corrected chi connectivity index (χ4v) is 3.17. The van der Waals surface area contributed by atoms with Crippen molar-refractivity contribution in [3.8, 4) is 0 Å². The number of hydrogen-bond donors (Lipinski definition) is 1. The number of rotatable bonds is 5. The van der Waals surface area contributed by atoms with Crippen LogP contribution in [0.5, 0.6) is 0 Å². The van der Waals surface area contributed by atoms with Gasteiger partial charge in [-0.1, -0.05) is 0 Å². The zero-order valence-corrected chi connectivity index (χ0v) is 12.4. The summed E-state index contributed by atoms with van der Waals surface area (Å²) < 4.78 is 3.01. The molecule has 0 aromatic carbocycles. The molecule has 2 rings (SSSR count). The van der Waals surface area contributed by atoms with Crippen molar-refractivity contribution in [3.63, 3.8) is 0 Å². The van der Waals surface area contributed by atoms with Crippen LogP contribution >= 0.6 is 27.3 Å². The van der Waals surface area contributed by atoms with Gasteiger partial charge in [-0.05, 0) is 47.4 Å². The molecule has 0 radical (unpaired) electrons. The molecule has 0 fully saturated rings. The molecule has 0 aliphatic carbocycles. The lowest BCUT2D eigenvalue weighted by atomic mass is 10.2. The average Bonchev–Trinajstić information content (AvgIpc) is 2.88. The van der Waals surface area contributed by atoms with E-state index in [1.165, 1.54) is 14.9 Å². The monoisotopic (exact) mass is 313 g/mol. The summed E-state index contributed by atoms with van der Waals surface area (Å²) in [4.78, 5) is 1.36. The molecule has 17 heavy (non-hydrogen) atoms. The molecular weight excluding hydrogens is 298 g/mol. The van der Waals surface area contributed by atoms with E-state index in [1.807, 2.05) is 17.9 Å². The third-order valence-corrected chi connectivity index (χ3v) is 4.51. The van der Waals surface area contributed by atoms with Gasteiger partial charge in [0.15, 0.2) is 0 Å². The summed E-state index contributed by atoms with van der Waals surface area (Å²) in [6.07, 6.45) is 5.01. The summed E-state index contributed by atoms with van der Waals surface area (Å²) in [6, 6.07) is 2.58. The van der Waals surface area contributed by atoms with Gasteiger partial charge in [-0.2, -0.15) is 5.10 Å². The molecule has 2 aromatic rings. The normalized spacial score (nSPS) is 12.9. The minimum Gasteiger partial charge on any atom is -0.309 e. The van der Waals surface area contributed by atoms with Gasteiger partial charge in [0.25, 0.3) is 0 Å². The Bertz CT molecular complexity index is 478. The molecule has 0 amide bonds. The third kappa shape index (κ3) is 3.66. The summed E-state index contributed by atoms with van der Waals surface area (Å²) in [5.41, 5.74) is 1.28. The van der Waals surface area contributed by atoms with Gasteiger partial charge >= 0.3 is 0 Å². The van der Waals surface area contributed by atoms with Crippen LogP contribution < -0.4 is 5.32 Å². The number of hydrogen-bond acceptors (Lipinski definition) is 3. The first-order valence-electron chi connectivity index (χ1n) is 5.60. The van der Waals surface area contributed by atoms with Crippen molar-refractivity contribution in [1.29, 1.82) is 0 Å². The van der Waals surface area contributed by atoms with Crippen LogP contribution in [0.3, 0.4) is 0 Å². The summed E-state index contributed by atoms with van der Waals surface area (Å²) in [7, 11) is 1.95. The fourth-order valence-electron chi connectivity index (χ4n) is 1.69. The molecule has 1 N–H and O–H groups in total. The Morgan fingerprint density at radius 2 is 2.41 bits per heavy atom. The second-order valence-corrected chi connectivity index (χ2v) is 5.97. The van der Waals surface area contributed by atoms with E-state index in [1.54, 1.807) is 11.3 Å². The number of aromatic nitrogens is 2. The van der Waals surface area contributed by atoms with E-state index in [0.29, 0.717) is 6.04 Å². The van der Waals surface area contributed by atoms with Crippen molar-refractivity contribution < 1.29 is 0 Å². The van der Waals surface area contributed by atoms with E-state index >= 15 is 0 Å². The standard InChI is InChI=1S/C12H16BrN3S/c1-9(12-5-11(13)8-17-12)14-4-3-10-6-15-16(2)7-10/h5-9,14H,3-4H2,1-2H3. The van der Waals surface area contributed by atoms with Crippen LogP contribution in [-0.2, 0) is 13.5 Å². The van der Waals surface area contributed by atoms with Gasteiger partial charge in [-0.15, -0.1) is 11.3 Å². The molecule has 0 saturated carbocycles. The van der Waals surface area contributed by atoms with E-state index < -0.39 is 0 Å². The van der Waals surface area contributed by atoms with Crippen LogP contribution in [0.15, 0.2) is 28.3 Å². The minimum absolute atomic E-state index is 0.406. The molecular formula is C12H16BrN3S. The van der Waals surface area contributed by atoms with Crippen LogP contribution in [0.2, 0.25) is 0 Å². The van der Waals surface area contributed by atoms with Gasteiger partial charge in [-0.25, -0.2) is 0 Å². The first-order chi connectivity index (χ1) is 8.15. The lowest BCUT2D eigenvalue weighted by molar-refractivity contribution is 0.584. The molecule has 0 saturated heterocycles. The first kappa shape index (κ1) is 12.8. The third-order valence-electron chi connectivity index (χ3n) is 2.64. The molecule has 2 heterocycles. The molecule has 92 valence electrons. The van der Waals surface area contributed by atoms with E-state index in [2.05, 4.69) is 50.9 Å². The average molecular weight is 314 g/mol. The van der Waals surface area contributed by atoms with E-state index in [9.17, 15) is 0 Å². The highest BCUT2D eigenvalue weighted by atomic mass is 79.9. The summed E-state index contributed by atoms with van der Waals surface area (Å²) in [5.74, 6) is 0. The Labute approximate surface area is 114 Å². The molecule has 3 nitrogen and oxygen atoms in total. The van der Waals surface area contributed by atoms with Crippen LogP contribution in [0.1, 0.15) is 23.4 Å². The van der Waals surface area contributed by atoms with Crippen molar-refractivity contribution in [2.75, 3.05) is 6.54 Å². The quantitative estimate of drug-likeness (QED) is 0.919. The van der Waals surface area contributed by atoms with Crippen LogP contribution in [-0.4, -0.2) is 16.3 Å². The van der Waals surface area contributed by atoms with Crippen LogP contribution in [0.25, 0.3) is 0 Å². The van der Waals surface area contributed by atoms with Crippen LogP contribution in [0, 0.1) is 0 Å². The van der Waals surface area contributed by atoms with Crippen molar-refractivity contribution in [2.24, 2.45) is 7.05 Å². The van der Waals surface area contributed by atoms with E-state index in [4.69, 9.17) is 0 Å². The van der Waals surface area contributed by atoms with Crippen molar-refractivity contribution in [3.05, 3.63) is 38.8 Å². The highest BCUT2D eigenvalue weighted by Gasteiger charge is 2.07. The number of nitrogens with zero attached hydrogens (tertiary/aromatic N) is 2. The van der Waals surface area contributed by atoms with Crippen molar-refractivity contribution in [2.45, 2.75) is 19.4 Å². The SMILES string of the molecule is CC(NCCc1cnn(C)c1)c1cc(Br)cs1. The maximum absolute atomic E-state index is 4.16. The van der Waals surface area contributed by atoms with E-state index in [-0.39, 0.29) is 0 Å². The predicted octanol–water partition coefficient (Wildman–Crippen LogP) is 3.14. The second-order valence-electron chi connectivity index (χ2n) is 4.12. The Morgan fingerprint density at radius 3 is 3.00 bits per heavy atom. The largest absolute Gasteiger partial charge is 0.309 e. The summed E-state index contributed by atoms with van der Waals surface area (Å²) in [5, 5.41) is 9.80. The van der Waals surface area contributed by atoms with E-state index in [0.717, 1.165) is 13.0 Å². The molecule has 5 heteroatoms. The van der Waals surface area contributed by atoms with Crippen molar-refractivity contribution in [1.82, 2.24) is 15.1 Å². The van der Waals surface area contributed by atoms with Gasteiger partial charge in [-0.3, -0.25) is 4.68 Å². The summed E-state index contributed by atoms with van der Waals surface area (Å²) >= 11 is 5.26. The second kappa shape index (κ2) is 5.80. The molecule has 0 aliphatic heterocycles. The zero-order chi connectivity index (χ0) is 12.3. The molecule has 0 bridgehead atoms. The number of halogens is 1. The maximum atomic E-state index is 4.16. The predicted molar refractivity (Wildman–Crippen MR) is 75.3 cm³/mol. The number of nitrogens with one attached hydrogen (secondary N) is 1. The van der Waals surface area contributed by atoms with Crippen LogP contribution in [0.4, 0.5) is 0 Å². The lowest BCUT2D eigenvalue weighted by Gasteiger charge is -2.11. The molecule has 0 spiro atoms. The smallest absolute Gasteiger partial charge is 0.0522 e. The number of thiophene rings is 1. The Balaban J connectivity index is 1.78. The van der Waals surface area contributed by atoms with Gasteiger partial charge in [0.2, 0.25) is 0 Å². The maximum Gasteiger partial charge on any atom is 0.0522 e. The van der Waals surface area contributed by atoms with Gasteiger partial charge in [0.1, 0.15) is 0 Å².